The van der Waals surface area contributed by atoms with Crippen molar-refractivity contribution in [2.75, 3.05) is 6.16 Å². The van der Waals surface area contributed by atoms with Crippen LogP contribution in [-0.4, -0.2) is 39.7 Å². The number of rotatable bonds is 7. The van der Waals surface area contributed by atoms with E-state index < -0.39 is 32.1 Å². The fourth-order valence-electron chi connectivity index (χ4n) is 1.77. The molecule has 0 aromatic heterocycles. The van der Waals surface area contributed by atoms with Gasteiger partial charge in [-0.15, -0.1) is 0 Å². The van der Waals surface area contributed by atoms with E-state index in [1.54, 1.807) is 20.8 Å². The van der Waals surface area contributed by atoms with Gasteiger partial charge in [0.2, 0.25) is 0 Å². The summed E-state index contributed by atoms with van der Waals surface area (Å²) in [5.74, 6) is -0.643. The Kier molecular flexibility index (Phi) is 8.11. The van der Waals surface area contributed by atoms with Gasteiger partial charge in [-0.25, -0.2) is 9.59 Å². The number of hydrogen-bond donors (Lipinski definition) is 3. The summed E-state index contributed by atoms with van der Waals surface area (Å²) in [6.07, 6.45) is -0.735. The molecule has 1 rings (SSSR count). The van der Waals surface area contributed by atoms with Gasteiger partial charge in [-0.3, -0.25) is 0 Å². The van der Waals surface area contributed by atoms with E-state index in [2.05, 4.69) is 5.32 Å². The predicted molar refractivity (Wildman–Crippen MR) is 90.2 cm³/mol. The van der Waals surface area contributed by atoms with E-state index in [4.69, 9.17) is 19.3 Å². The molecule has 0 heterocycles. The summed E-state index contributed by atoms with van der Waals surface area (Å²) >= 11 is 0. The van der Waals surface area contributed by atoms with Crippen LogP contribution in [0.15, 0.2) is 30.3 Å². The SMILES string of the molecule is CC(C)(C)OC(=O)[C@H](CCP(O)O)NC(=O)OCc1ccccc1. The van der Waals surface area contributed by atoms with Gasteiger partial charge >= 0.3 is 12.1 Å². The largest absolute Gasteiger partial charge is 0.458 e. The molecule has 24 heavy (non-hydrogen) atoms. The molecule has 0 unspecified atom stereocenters. The van der Waals surface area contributed by atoms with Gasteiger partial charge in [-0.2, -0.15) is 0 Å². The lowest BCUT2D eigenvalue weighted by molar-refractivity contribution is -0.157. The van der Waals surface area contributed by atoms with E-state index in [1.165, 1.54) is 0 Å². The molecule has 0 aliphatic rings. The molecule has 1 aromatic carbocycles. The molecule has 8 heteroatoms. The number of nitrogens with one attached hydrogen (secondary N) is 1. The van der Waals surface area contributed by atoms with Gasteiger partial charge in [0.1, 0.15) is 18.2 Å². The molecule has 0 saturated heterocycles. The van der Waals surface area contributed by atoms with Gasteiger partial charge in [0.05, 0.1) is 0 Å². The molecule has 0 radical (unpaired) electrons. The van der Waals surface area contributed by atoms with Crippen molar-refractivity contribution >= 4 is 20.4 Å². The quantitative estimate of drug-likeness (QED) is 0.511. The van der Waals surface area contributed by atoms with Crippen molar-refractivity contribution in [3.8, 4) is 0 Å². The zero-order chi connectivity index (χ0) is 18.2. The summed E-state index contributed by atoms with van der Waals surface area (Å²) < 4.78 is 10.3. The van der Waals surface area contributed by atoms with Crippen LogP contribution in [-0.2, 0) is 20.9 Å². The van der Waals surface area contributed by atoms with Gasteiger partial charge in [0.25, 0.3) is 0 Å². The van der Waals surface area contributed by atoms with Crippen LogP contribution in [0.1, 0.15) is 32.8 Å². The number of alkyl carbamates (subject to hydrolysis) is 1. The van der Waals surface area contributed by atoms with Gasteiger partial charge in [-0.1, -0.05) is 30.3 Å². The first kappa shape index (κ1) is 20.4. The highest BCUT2D eigenvalue weighted by Gasteiger charge is 2.27. The number of esters is 1. The topological polar surface area (TPSA) is 105 Å². The van der Waals surface area contributed by atoms with E-state index in [0.29, 0.717) is 0 Å². The number of carbonyl (C=O) groups is 2. The third-order valence-corrected chi connectivity index (χ3v) is 3.47. The number of ether oxygens (including phenoxy) is 2. The van der Waals surface area contributed by atoms with Crippen molar-refractivity contribution in [1.29, 1.82) is 0 Å². The van der Waals surface area contributed by atoms with Crippen LogP contribution in [0.2, 0.25) is 0 Å². The molecule has 7 nitrogen and oxygen atoms in total. The Hall–Kier alpha value is -1.69. The van der Waals surface area contributed by atoms with E-state index in [0.717, 1.165) is 5.56 Å². The van der Waals surface area contributed by atoms with Crippen LogP contribution in [0.5, 0.6) is 0 Å². The highest BCUT2D eigenvalue weighted by Crippen LogP contribution is 2.24. The minimum atomic E-state index is -2.16. The number of hydrogen-bond acceptors (Lipinski definition) is 6. The predicted octanol–water partition coefficient (Wildman–Crippen LogP) is 2.31. The fraction of sp³-hybridized carbons (Fsp3) is 0.500. The third-order valence-electron chi connectivity index (χ3n) is 2.81. The van der Waals surface area contributed by atoms with Crippen molar-refractivity contribution in [3.63, 3.8) is 0 Å². The average Bonchev–Trinajstić information content (AvgIpc) is 2.48. The molecule has 0 aliphatic heterocycles. The van der Waals surface area contributed by atoms with Crippen LogP contribution in [0.3, 0.4) is 0 Å². The molecule has 0 bridgehead atoms. The number of amides is 1. The smallest absolute Gasteiger partial charge is 0.408 e. The molecular weight excluding hydrogens is 333 g/mol. The second-order valence-electron chi connectivity index (χ2n) is 6.18. The van der Waals surface area contributed by atoms with E-state index in [-0.39, 0.29) is 19.2 Å². The van der Waals surface area contributed by atoms with Crippen molar-refractivity contribution in [3.05, 3.63) is 35.9 Å². The minimum Gasteiger partial charge on any atom is -0.458 e. The standard InChI is InChI=1S/C16H24NO6P/c1-16(2,3)23-14(18)13(9-10-24(20)21)17-15(19)22-11-12-7-5-4-6-8-12/h4-8,13,20-21H,9-11H2,1-3H3,(H,17,19)/t13-/m0/s1. The zero-order valence-corrected chi connectivity index (χ0v) is 15.0. The van der Waals surface area contributed by atoms with Gasteiger partial charge in [0, 0.05) is 6.16 Å². The first-order chi connectivity index (χ1) is 11.2. The van der Waals surface area contributed by atoms with E-state index in [1.807, 2.05) is 30.3 Å². The van der Waals surface area contributed by atoms with Crippen LogP contribution >= 0.6 is 8.38 Å². The molecule has 3 N–H and O–H groups in total. The summed E-state index contributed by atoms with van der Waals surface area (Å²) in [6, 6.07) is 8.11. The second kappa shape index (κ2) is 9.57. The Balaban J connectivity index is 2.58. The lowest BCUT2D eigenvalue weighted by Crippen LogP contribution is -2.44. The van der Waals surface area contributed by atoms with Gasteiger partial charge in [-0.05, 0) is 32.8 Å². The molecule has 1 amide bonds. The molecule has 0 saturated carbocycles. The summed E-state index contributed by atoms with van der Waals surface area (Å²) in [7, 11) is -2.16. The molecule has 1 atom stereocenters. The lowest BCUT2D eigenvalue weighted by atomic mass is 10.1. The molecule has 1 aromatic rings. The van der Waals surface area contributed by atoms with E-state index in [9.17, 15) is 9.59 Å². The van der Waals surface area contributed by atoms with E-state index >= 15 is 0 Å². The Labute approximate surface area is 142 Å². The van der Waals surface area contributed by atoms with Crippen molar-refractivity contribution in [2.45, 2.75) is 45.4 Å². The summed E-state index contributed by atoms with van der Waals surface area (Å²) in [5, 5.41) is 2.42. The van der Waals surface area contributed by atoms with Crippen LogP contribution in [0, 0.1) is 0 Å². The Morgan fingerprint density at radius 1 is 1.21 bits per heavy atom. The first-order valence-electron chi connectivity index (χ1n) is 7.53. The average molecular weight is 357 g/mol. The molecule has 0 aliphatic carbocycles. The normalized spacial score (nSPS) is 12.6. The maximum atomic E-state index is 12.1. The highest BCUT2D eigenvalue weighted by molar-refractivity contribution is 7.45. The molecule has 0 spiro atoms. The van der Waals surface area contributed by atoms with Crippen molar-refractivity contribution < 1.29 is 28.8 Å². The number of benzene rings is 1. The third kappa shape index (κ3) is 8.82. The van der Waals surface area contributed by atoms with Gasteiger partial charge < -0.3 is 24.6 Å². The lowest BCUT2D eigenvalue weighted by Gasteiger charge is -2.24. The molecule has 0 fully saturated rings. The Morgan fingerprint density at radius 2 is 1.83 bits per heavy atom. The maximum absolute atomic E-state index is 12.1. The highest BCUT2D eigenvalue weighted by atomic mass is 31.2. The Morgan fingerprint density at radius 3 is 2.38 bits per heavy atom. The molecular formula is C16H24NO6P. The van der Waals surface area contributed by atoms with Crippen LogP contribution < -0.4 is 5.32 Å². The zero-order valence-electron chi connectivity index (χ0n) is 14.1. The monoisotopic (exact) mass is 357 g/mol. The maximum Gasteiger partial charge on any atom is 0.408 e. The molecule has 134 valence electrons. The minimum absolute atomic E-state index is 0.0157. The Bertz CT molecular complexity index is 529. The summed E-state index contributed by atoms with van der Waals surface area (Å²) in [6.45, 7) is 5.20. The van der Waals surface area contributed by atoms with Crippen LogP contribution in [0.25, 0.3) is 0 Å². The van der Waals surface area contributed by atoms with Gasteiger partial charge in [0.15, 0.2) is 8.38 Å². The fourth-order valence-corrected chi connectivity index (χ4v) is 2.26. The van der Waals surface area contributed by atoms with Crippen molar-refractivity contribution in [1.82, 2.24) is 5.32 Å². The second-order valence-corrected chi connectivity index (χ2v) is 7.37. The van der Waals surface area contributed by atoms with Crippen molar-refractivity contribution in [2.24, 2.45) is 0 Å². The number of carbonyl (C=O) groups excluding carboxylic acids is 2. The first-order valence-corrected chi connectivity index (χ1v) is 8.96. The van der Waals surface area contributed by atoms with Crippen LogP contribution in [0.4, 0.5) is 4.79 Å². The summed E-state index contributed by atoms with van der Waals surface area (Å²) in [4.78, 5) is 42.1. The summed E-state index contributed by atoms with van der Waals surface area (Å²) in [5.41, 5.74) is 0.101.